The summed E-state index contributed by atoms with van der Waals surface area (Å²) >= 11 is 0. The van der Waals surface area contributed by atoms with Gasteiger partial charge in [-0.1, -0.05) is 32.3 Å². The van der Waals surface area contributed by atoms with E-state index in [9.17, 15) is 10.1 Å². The summed E-state index contributed by atoms with van der Waals surface area (Å²) in [6.45, 7) is 4.61. The maximum absolute atomic E-state index is 12.0. The van der Waals surface area contributed by atoms with Crippen LogP contribution >= 0.6 is 0 Å². The number of aryl methyl sites for hydroxylation is 1. The molecule has 0 fully saturated rings. The number of hydrogen-bond acceptors (Lipinski definition) is 4. The monoisotopic (exact) mass is 340 g/mol. The molecule has 5 heteroatoms. The molecule has 0 bridgehead atoms. The first-order valence-corrected chi connectivity index (χ1v) is 8.56. The maximum Gasteiger partial charge on any atom is 0.266 e. The number of nitriles is 1. The molecule has 0 unspecified atom stereocenters. The van der Waals surface area contributed by atoms with Gasteiger partial charge in [0.05, 0.1) is 13.7 Å². The summed E-state index contributed by atoms with van der Waals surface area (Å²) in [5.41, 5.74) is 1.76. The van der Waals surface area contributed by atoms with Crippen molar-refractivity contribution in [2.24, 2.45) is 0 Å². The van der Waals surface area contributed by atoms with Crippen molar-refractivity contribution in [3.8, 4) is 28.7 Å². The van der Waals surface area contributed by atoms with Crippen molar-refractivity contribution in [3.63, 3.8) is 0 Å². The average Bonchev–Trinajstić information content (AvgIpc) is 2.61. The van der Waals surface area contributed by atoms with Crippen LogP contribution in [-0.2, 0) is 0 Å². The first-order valence-electron chi connectivity index (χ1n) is 8.56. The Morgan fingerprint density at radius 1 is 1.16 bits per heavy atom. The highest BCUT2D eigenvalue weighted by Gasteiger charge is 2.13. The number of aromatic amines is 1. The van der Waals surface area contributed by atoms with E-state index in [1.807, 2.05) is 18.2 Å². The maximum atomic E-state index is 12.0. The third-order valence-electron chi connectivity index (χ3n) is 4.01. The third-order valence-corrected chi connectivity index (χ3v) is 4.01. The molecule has 25 heavy (non-hydrogen) atoms. The van der Waals surface area contributed by atoms with E-state index in [0.717, 1.165) is 18.4 Å². The molecule has 0 saturated heterocycles. The second kappa shape index (κ2) is 8.93. The fraction of sp³-hybridized carbons (Fsp3) is 0.400. The van der Waals surface area contributed by atoms with Crippen molar-refractivity contribution in [2.75, 3.05) is 13.7 Å². The van der Waals surface area contributed by atoms with Gasteiger partial charge in [0.15, 0.2) is 11.5 Å². The summed E-state index contributed by atoms with van der Waals surface area (Å²) in [7, 11) is 1.58. The van der Waals surface area contributed by atoms with Gasteiger partial charge in [-0.25, -0.2) is 0 Å². The van der Waals surface area contributed by atoms with Gasteiger partial charge in [-0.05, 0) is 37.1 Å². The van der Waals surface area contributed by atoms with Crippen molar-refractivity contribution in [1.82, 2.24) is 4.98 Å². The highest BCUT2D eigenvalue weighted by Crippen LogP contribution is 2.33. The number of methoxy groups -OCH3 is 1. The van der Waals surface area contributed by atoms with E-state index in [-0.39, 0.29) is 11.1 Å². The number of nitrogens with zero attached hydrogens (tertiary/aromatic N) is 1. The van der Waals surface area contributed by atoms with Crippen LogP contribution in [0.1, 0.15) is 43.9 Å². The zero-order chi connectivity index (χ0) is 18.2. The predicted molar refractivity (Wildman–Crippen MR) is 98.1 cm³/mol. The molecule has 5 nitrogen and oxygen atoms in total. The van der Waals surface area contributed by atoms with Crippen molar-refractivity contribution in [3.05, 3.63) is 45.9 Å². The minimum Gasteiger partial charge on any atom is -0.493 e. The first kappa shape index (κ1) is 18.6. The van der Waals surface area contributed by atoms with Gasteiger partial charge in [0.2, 0.25) is 0 Å². The highest BCUT2D eigenvalue weighted by atomic mass is 16.5. The second-order valence-corrected chi connectivity index (χ2v) is 5.96. The van der Waals surface area contributed by atoms with Crippen LogP contribution in [0.3, 0.4) is 0 Å². The number of aromatic nitrogens is 1. The van der Waals surface area contributed by atoms with Gasteiger partial charge in [0, 0.05) is 11.3 Å². The van der Waals surface area contributed by atoms with Crippen molar-refractivity contribution >= 4 is 0 Å². The molecule has 0 amide bonds. The Labute approximate surface area is 148 Å². The average molecular weight is 340 g/mol. The molecule has 0 spiro atoms. The number of benzene rings is 1. The van der Waals surface area contributed by atoms with Gasteiger partial charge >= 0.3 is 0 Å². The number of H-pyrrole nitrogens is 1. The molecule has 1 N–H and O–H groups in total. The van der Waals surface area contributed by atoms with Crippen LogP contribution in [0.5, 0.6) is 11.5 Å². The topological polar surface area (TPSA) is 75.1 Å². The molecule has 0 radical (unpaired) electrons. The summed E-state index contributed by atoms with van der Waals surface area (Å²) < 4.78 is 11.2. The van der Waals surface area contributed by atoms with Crippen LogP contribution in [-0.4, -0.2) is 18.7 Å². The van der Waals surface area contributed by atoms with E-state index < -0.39 is 0 Å². The van der Waals surface area contributed by atoms with E-state index in [4.69, 9.17) is 9.47 Å². The SMILES string of the molecule is CCCCCCOc1ccc(-c2cc(C)[nH]c(=O)c2C#N)cc1OC. The number of rotatable bonds is 8. The Bertz CT molecular complexity index is 819. The Hall–Kier alpha value is -2.74. The smallest absolute Gasteiger partial charge is 0.266 e. The zero-order valence-electron chi connectivity index (χ0n) is 15.0. The summed E-state index contributed by atoms with van der Waals surface area (Å²) in [6.07, 6.45) is 4.55. The number of nitrogens with one attached hydrogen (secondary N) is 1. The lowest BCUT2D eigenvalue weighted by Crippen LogP contribution is -2.12. The Kier molecular flexibility index (Phi) is 6.64. The van der Waals surface area contributed by atoms with Gasteiger partial charge in [0.1, 0.15) is 11.6 Å². The first-order chi connectivity index (χ1) is 12.1. The second-order valence-electron chi connectivity index (χ2n) is 5.96. The zero-order valence-corrected chi connectivity index (χ0v) is 15.0. The predicted octanol–water partition coefficient (Wildman–Crippen LogP) is 4.19. The van der Waals surface area contributed by atoms with Gasteiger partial charge in [-0.3, -0.25) is 4.79 Å². The van der Waals surface area contributed by atoms with Crippen LogP contribution < -0.4 is 15.0 Å². The summed E-state index contributed by atoms with van der Waals surface area (Å²) in [6, 6.07) is 9.24. The molecule has 1 aromatic carbocycles. The van der Waals surface area contributed by atoms with E-state index in [1.165, 1.54) is 12.8 Å². The van der Waals surface area contributed by atoms with Crippen molar-refractivity contribution < 1.29 is 9.47 Å². The Balaban J connectivity index is 2.28. The van der Waals surface area contributed by atoms with Gasteiger partial charge in [-0.2, -0.15) is 5.26 Å². The normalized spacial score (nSPS) is 10.3. The van der Waals surface area contributed by atoms with Crippen LogP contribution in [0.2, 0.25) is 0 Å². The molecular weight excluding hydrogens is 316 g/mol. The van der Waals surface area contributed by atoms with E-state index >= 15 is 0 Å². The quantitative estimate of drug-likeness (QED) is 0.731. The van der Waals surface area contributed by atoms with Crippen molar-refractivity contribution in [2.45, 2.75) is 39.5 Å². The molecule has 0 aliphatic rings. The van der Waals surface area contributed by atoms with E-state index in [2.05, 4.69) is 11.9 Å². The number of unbranched alkanes of at least 4 members (excludes halogenated alkanes) is 3. The molecule has 0 saturated carbocycles. The Morgan fingerprint density at radius 2 is 1.96 bits per heavy atom. The Morgan fingerprint density at radius 3 is 2.64 bits per heavy atom. The lowest BCUT2D eigenvalue weighted by atomic mass is 10.0. The molecule has 0 atom stereocenters. The number of pyridine rings is 1. The molecule has 132 valence electrons. The lowest BCUT2D eigenvalue weighted by molar-refractivity contribution is 0.285. The molecule has 0 aliphatic carbocycles. The minimum absolute atomic E-state index is 0.0980. The van der Waals surface area contributed by atoms with Gasteiger partial charge < -0.3 is 14.5 Å². The van der Waals surface area contributed by atoms with Crippen LogP contribution in [0, 0.1) is 18.3 Å². The lowest BCUT2D eigenvalue weighted by Gasteiger charge is -2.13. The molecule has 2 aromatic rings. The number of ether oxygens (including phenoxy) is 2. The standard InChI is InChI=1S/C20H24N2O3/c1-4-5-6-7-10-25-18-9-8-15(12-19(18)24-3)16-11-14(2)22-20(23)17(16)13-21/h8-9,11-12H,4-7,10H2,1-3H3,(H,22,23). The fourth-order valence-corrected chi connectivity index (χ4v) is 2.69. The number of hydrogen-bond donors (Lipinski definition) is 1. The van der Waals surface area contributed by atoms with Crippen LogP contribution in [0.25, 0.3) is 11.1 Å². The van der Waals surface area contributed by atoms with E-state index in [1.54, 1.807) is 26.2 Å². The summed E-state index contributed by atoms with van der Waals surface area (Å²) in [5.74, 6) is 1.26. The molecule has 1 aromatic heterocycles. The molecule has 2 rings (SSSR count). The highest BCUT2D eigenvalue weighted by molar-refractivity contribution is 5.72. The van der Waals surface area contributed by atoms with Gasteiger partial charge in [-0.15, -0.1) is 0 Å². The molecule has 0 aliphatic heterocycles. The summed E-state index contributed by atoms with van der Waals surface area (Å²) in [5, 5.41) is 9.29. The van der Waals surface area contributed by atoms with Gasteiger partial charge in [0.25, 0.3) is 5.56 Å². The fourth-order valence-electron chi connectivity index (χ4n) is 2.69. The third kappa shape index (κ3) is 4.63. The minimum atomic E-state index is -0.382. The largest absolute Gasteiger partial charge is 0.493 e. The van der Waals surface area contributed by atoms with Crippen LogP contribution in [0.15, 0.2) is 29.1 Å². The molecule has 1 heterocycles. The van der Waals surface area contributed by atoms with E-state index in [0.29, 0.717) is 29.4 Å². The van der Waals surface area contributed by atoms with Crippen LogP contribution in [0.4, 0.5) is 0 Å². The van der Waals surface area contributed by atoms with Crippen molar-refractivity contribution in [1.29, 1.82) is 5.26 Å². The molecular formula is C20H24N2O3. The summed E-state index contributed by atoms with van der Waals surface area (Å²) in [4.78, 5) is 14.6.